The predicted molar refractivity (Wildman–Crippen MR) is 89.1 cm³/mol. The van der Waals surface area contributed by atoms with Crippen molar-refractivity contribution in [3.8, 4) is 22.8 Å². The van der Waals surface area contributed by atoms with Gasteiger partial charge in [0.2, 0.25) is 6.79 Å². The van der Waals surface area contributed by atoms with Gasteiger partial charge in [-0.3, -0.25) is 9.48 Å². The van der Waals surface area contributed by atoms with Gasteiger partial charge in [-0.2, -0.15) is 5.10 Å². The van der Waals surface area contributed by atoms with Crippen molar-refractivity contribution >= 4 is 11.6 Å². The molecule has 26 heavy (non-hydrogen) atoms. The van der Waals surface area contributed by atoms with Crippen LogP contribution in [-0.2, 0) is 7.05 Å². The van der Waals surface area contributed by atoms with Crippen LogP contribution < -0.4 is 14.8 Å². The molecule has 1 aliphatic heterocycles. The Labute approximate surface area is 147 Å². The fourth-order valence-corrected chi connectivity index (χ4v) is 2.67. The first-order valence-corrected chi connectivity index (χ1v) is 7.72. The average molecular weight is 357 g/mol. The number of carbonyl (C=O) groups excluding carboxylic acids is 1. The summed E-state index contributed by atoms with van der Waals surface area (Å²) in [4.78, 5) is 12.3. The molecule has 1 amide bonds. The number of carbonyl (C=O) groups is 1. The second-order valence-electron chi connectivity index (χ2n) is 5.69. The van der Waals surface area contributed by atoms with Gasteiger partial charge in [0.05, 0.1) is 5.69 Å². The highest BCUT2D eigenvalue weighted by Crippen LogP contribution is 2.35. The van der Waals surface area contributed by atoms with Crippen molar-refractivity contribution in [1.82, 2.24) is 9.78 Å². The van der Waals surface area contributed by atoms with Gasteiger partial charge >= 0.3 is 0 Å². The number of aryl methyl sites for hydroxylation is 1. The molecule has 0 saturated heterocycles. The molecule has 6 nitrogen and oxygen atoms in total. The molecule has 0 radical (unpaired) electrons. The number of amides is 1. The normalized spacial score (nSPS) is 12.3. The minimum atomic E-state index is -1.04. The average Bonchev–Trinajstić information content (AvgIpc) is 3.23. The van der Waals surface area contributed by atoms with Crippen molar-refractivity contribution in [2.24, 2.45) is 7.05 Å². The zero-order chi connectivity index (χ0) is 18.3. The summed E-state index contributed by atoms with van der Waals surface area (Å²) < 4.78 is 38.4. The predicted octanol–water partition coefficient (Wildman–Crippen LogP) is 3.35. The van der Waals surface area contributed by atoms with E-state index in [1.807, 2.05) is 6.07 Å². The molecule has 0 bridgehead atoms. The molecule has 4 rings (SSSR count). The van der Waals surface area contributed by atoms with E-state index in [1.165, 1.54) is 6.07 Å². The Morgan fingerprint density at radius 2 is 1.88 bits per heavy atom. The summed E-state index contributed by atoms with van der Waals surface area (Å²) in [6.45, 7) is 0.173. The van der Waals surface area contributed by atoms with Crippen LogP contribution in [-0.4, -0.2) is 22.5 Å². The first-order valence-electron chi connectivity index (χ1n) is 7.72. The summed E-state index contributed by atoms with van der Waals surface area (Å²) in [7, 11) is 1.70. The lowest BCUT2D eigenvalue weighted by Crippen LogP contribution is -2.13. The minimum Gasteiger partial charge on any atom is -0.454 e. The lowest BCUT2D eigenvalue weighted by Gasteiger charge is -2.03. The Morgan fingerprint density at radius 1 is 1.08 bits per heavy atom. The van der Waals surface area contributed by atoms with Crippen LogP contribution in [0.5, 0.6) is 11.5 Å². The van der Waals surface area contributed by atoms with Crippen molar-refractivity contribution in [2.45, 2.75) is 0 Å². The van der Waals surface area contributed by atoms with E-state index < -0.39 is 17.5 Å². The summed E-state index contributed by atoms with van der Waals surface area (Å²) in [5, 5.41) is 6.68. The Balaban J connectivity index is 1.59. The van der Waals surface area contributed by atoms with Crippen LogP contribution in [0, 0.1) is 11.6 Å². The van der Waals surface area contributed by atoms with Crippen molar-refractivity contribution in [1.29, 1.82) is 0 Å². The second-order valence-corrected chi connectivity index (χ2v) is 5.69. The summed E-state index contributed by atoms with van der Waals surface area (Å²) in [6.07, 6.45) is 0. The van der Waals surface area contributed by atoms with Crippen LogP contribution in [0.2, 0.25) is 0 Å². The fraction of sp³-hybridized carbons (Fsp3) is 0.111. The minimum absolute atomic E-state index is 0.143. The third-order valence-corrected chi connectivity index (χ3v) is 3.96. The number of ether oxygens (including phenoxy) is 2. The van der Waals surface area contributed by atoms with E-state index in [9.17, 15) is 13.6 Å². The number of hydrogen-bond donors (Lipinski definition) is 1. The van der Waals surface area contributed by atoms with Crippen LogP contribution in [0.25, 0.3) is 11.3 Å². The fourth-order valence-electron chi connectivity index (χ4n) is 2.67. The molecule has 1 aromatic heterocycles. The molecular weight excluding hydrogens is 344 g/mol. The molecule has 0 spiro atoms. The van der Waals surface area contributed by atoms with E-state index in [-0.39, 0.29) is 18.2 Å². The number of anilines is 1. The lowest BCUT2D eigenvalue weighted by molar-refractivity contribution is 0.102. The monoisotopic (exact) mass is 357 g/mol. The zero-order valence-electron chi connectivity index (χ0n) is 13.6. The van der Waals surface area contributed by atoms with Gasteiger partial charge < -0.3 is 14.8 Å². The van der Waals surface area contributed by atoms with Crippen molar-refractivity contribution in [2.75, 3.05) is 12.1 Å². The quantitative estimate of drug-likeness (QED) is 0.781. The number of nitrogens with one attached hydrogen (secondary N) is 1. The maximum Gasteiger partial charge on any atom is 0.276 e. The molecule has 8 heteroatoms. The number of nitrogens with zero attached hydrogens (tertiary/aromatic N) is 2. The van der Waals surface area contributed by atoms with E-state index in [4.69, 9.17) is 9.47 Å². The molecule has 3 aromatic rings. The summed E-state index contributed by atoms with van der Waals surface area (Å²) >= 11 is 0. The van der Waals surface area contributed by atoms with Gasteiger partial charge in [-0.25, -0.2) is 8.78 Å². The molecular formula is C18H13F2N3O3. The molecule has 132 valence electrons. The van der Waals surface area contributed by atoms with Crippen LogP contribution in [0.15, 0.2) is 42.5 Å². The van der Waals surface area contributed by atoms with Crippen LogP contribution >= 0.6 is 0 Å². The third kappa shape index (κ3) is 2.85. The van der Waals surface area contributed by atoms with Gasteiger partial charge in [0, 0.05) is 24.4 Å². The molecule has 0 atom stereocenters. The zero-order valence-corrected chi connectivity index (χ0v) is 13.6. The second kappa shape index (κ2) is 6.14. The van der Waals surface area contributed by atoms with Crippen molar-refractivity contribution < 1.29 is 23.0 Å². The highest BCUT2D eigenvalue weighted by Gasteiger charge is 2.18. The van der Waals surface area contributed by atoms with Gasteiger partial charge in [-0.05, 0) is 36.4 Å². The standard InChI is InChI=1S/C18H13F2N3O3/c1-23-15(10-2-5-16-17(6-10)26-9-25-16)8-14(22-23)18(24)21-11-3-4-12(19)13(20)7-11/h2-8H,9H2,1H3,(H,21,24). The highest BCUT2D eigenvalue weighted by molar-refractivity contribution is 6.03. The molecule has 0 aliphatic carbocycles. The van der Waals surface area contributed by atoms with Crippen LogP contribution in [0.4, 0.5) is 14.5 Å². The molecule has 2 heterocycles. The van der Waals surface area contributed by atoms with E-state index in [2.05, 4.69) is 10.4 Å². The maximum atomic E-state index is 13.3. The largest absolute Gasteiger partial charge is 0.454 e. The highest BCUT2D eigenvalue weighted by atomic mass is 19.2. The number of fused-ring (bicyclic) bond motifs is 1. The van der Waals surface area contributed by atoms with Crippen LogP contribution in [0.1, 0.15) is 10.5 Å². The summed E-state index contributed by atoms with van der Waals surface area (Å²) in [5.41, 5.74) is 1.78. The maximum absolute atomic E-state index is 13.3. The van der Waals surface area contributed by atoms with Crippen molar-refractivity contribution in [3.05, 3.63) is 59.8 Å². The summed E-state index contributed by atoms with van der Waals surface area (Å²) in [6, 6.07) is 10.2. The lowest BCUT2D eigenvalue weighted by atomic mass is 10.1. The Morgan fingerprint density at radius 3 is 2.69 bits per heavy atom. The molecule has 0 fully saturated rings. The Kier molecular flexibility index (Phi) is 3.80. The van der Waals surface area contributed by atoms with E-state index in [0.29, 0.717) is 17.2 Å². The van der Waals surface area contributed by atoms with Gasteiger partial charge in [0.15, 0.2) is 28.8 Å². The molecule has 1 N–H and O–H groups in total. The van der Waals surface area contributed by atoms with Crippen LogP contribution in [0.3, 0.4) is 0 Å². The molecule has 0 unspecified atom stereocenters. The smallest absolute Gasteiger partial charge is 0.276 e. The van der Waals surface area contributed by atoms with Gasteiger partial charge in [-0.15, -0.1) is 0 Å². The number of halogens is 2. The topological polar surface area (TPSA) is 65.4 Å². The third-order valence-electron chi connectivity index (χ3n) is 3.96. The summed E-state index contributed by atoms with van der Waals surface area (Å²) in [5.74, 6) is -1.27. The van der Waals surface area contributed by atoms with Gasteiger partial charge in [0.25, 0.3) is 5.91 Å². The van der Waals surface area contributed by atoms with Gasteiger partial charge in [-0.1, -0.05) is 0 Å². The van der Waals surface area contributed by atoms with Crippen molar-refractivity contribution in [3.63, 3.8) is 0 Å². The first kappa shape index (κ1) is 16.1. The first-order chi connectivity index (χ1) is 12.5. The molecule has 1 aliphatic rings. The molecule has 0 saturated carbocycles. The number of benzene rings is 2. The van der Waals surface area contributed by atoms with E-state index in [0.717, 1.165) is 17.7 Å². The number of hydrogen-bond acceptors (Lipinski definition) is 4. The van der Waals surface area contributed by atoms with E-state index >= 15 is 0 Å². The van der Waals surface area contributed by atoms with E-state index in [1.54, 1.807) is 29.9 Å². The Bertz CT molecular complexity index is 1020. The van der Waals surface area contributed by atoms with Gasteiger partial charge in [0.1, 0.15) is 0 Å². The number of rotatable bonds is 3. The SMILES string of the molecule is Cn1nc(C(=O)Nc2ccc(F)c(F)c2)cc1-c1ccc2c(c1)OCO2. The Hall–Kier alpha value is -3.42. The number of aromatic nitrogens is 2. The molecule has 2 aromatic carbocycles.